The van der Waals surface area contributed by atoms with E-state index in [4.69, 9.17) is 21.2 Å². The topological polar surface area (TPSA) is 257 Å². The molecule has 0 spiro atoms. The third kappa shape index (κ3) is 14.8. The number of sulfonamides is 2. The quantitative estimate of drug-likeness (QED) is 0.102. The van der Waals surface area contributed by atoms with E-state index in [2.05, 4.69) is 71.6 Å². The van der Waals surface area contributed by atoms with Crippen molar-refractivity contribution in [3.8, 4) is 17.1 Å². The Morgan fingerprint density at radius 1 is 0.478 bits per heavy atom. The second kappa shape index (κ2) is 27.1. The van der Waals surface area contributed by atoms with Gasteiger partial charge in [-0.1, -0.05) is 18.2 Å². The lowest BCUT2D eigenvalue weighted by Gasteiger charge is -2.29. The smallest absolute Gasteiger partial charge is 0.263 e. The summed E-state index contributed by atoms with van der Waals surface area (Å²) in [5.41, 5.74) is 13.2. The molecule has 0 radical (unpaired) electrons. The number of pyridine rings is 3. The molecule has 7 heterocycles. The Balaban J connectivity index is 0.000000141. The zero-order valence-corrected chi connectivity index (χ0v) is 53.9. The summed E-state index contributed by atoms with van der Waals surface area (Å²) < 4.78 is 130. The molecule has 4 N–H and O–H groups in total. The van der Waals surface area contributed by atoms with Gasteiger partial charge in [0.15, 0.2) is 0 Å². The van der Waals surface area contributed by atoms with E-state index in [0.717, 1.165) is 62.3 Å². The molecule has 6 aromatic heterocycles. The van der Waals surface area contributed by atoms with Crippen LogP contribution in [0.4, 0.5) is 36.3 Å². The molecule has 0 bridgehead atoms. The molecule has 0 atom stereocenters. The third-order valence-corrected chi connectivity index (χ3v) is 18.9. The first-order chi connectivity index (χ1) is 42.9. The number of hydrogen-bond donors (Lipinski definition) is 3. The van der Waals surface area contributed by atoms with Crippen molar-refractivity contribution in [3.63, 3.8) is 0 Å². The summed E-state index contributed by atoms with van der Waals surface area (Å²) in [5.74, 6) is -0.772. The molecule has 0 unspecified atom stereocenters. The average Bonchev–Trinajstić information content (AvgIpc) is 1.70. The molecular formula is C61H51Br2ClF3N13O7S3. The number of morpholine rings is 1. The number of halogens is 6. The summed E-state index contributed by atoms with van der Waals surface area (Å²) in [6, 6.07) is 44.4. The maximum Gasteiger partial charge on any atom is 0.263 e. The monoisotopic (exact) mass is 1420 g/mol. The molecule has 1 aliphatic heterocycles. The second-order valence-electron chi connectivity index (χ2n) is 19.8. The lowest BCUT2D eigenvalue weighted by Crippen LogP contribution is -2.36. The van der Waals surface area contributed by atoms with Crippen LogP contribution in [0.1, 0.15) is 17.1 Å². The number of ether oxygens (including phenoxy) is 1. The third-order valence-electron chi connectivity index (χ3n) is 13.5. The number of benzene rings is 6. The second-order valence-corrected chi connectivity index (χ2v) is 27.5. The molecule has 13 rings (SSSR count). The molecule has 0 saturated carbocycles. The van der Waals surface area contributed by atoms with E-state index in [1.165, 1.54) is 45.8 Å². The highest BCUT2D eigenvalue weighted by atomic mass is 79.9. The van der Waals surface area contributed by atoms with E-state index in [9.17, 15) is 38.4 Å². The van der Waals surface area contributed by atoms with Crippen molar-refractivity contribution in [2.24, 2.45) is 0 Å². The van der Waals surface area contributed by atoms with E-state index in [-0.39, 0.29) is 35.3 Å². The Labute approximate surface area is 535 Å². The van der Waals surface area contributed by atoms with Gasteiger partial charge >= 0.3 is 0 Å². The predicted molar refractivity (Wildman–Crippen MR) is 348 cm³/mol. The van der Waals surface area contributed by atoms with Gasteiger partial charge in [0.1, 0.15) is 34.9 Å². The van der Waals surface area contributed by atoms with Crippen LogP contribution < -0.4 is 20.1 Å². The number of nitrogen functional groups attached to an aromatic ring is 1. The Kier molecular flexibility index (Phi) is 19.4. The first-order valence-electron chi connectivity index (χ1n) is 26.9. The summed E-state index contributed by atoms with van der Waals surface area (Å²) in [4.78, 5) is 14.2. The van der Waals surface area contributed by atoms with E-state index < -0.39 is 46.5 Å². The summed E-state index contributed by atoms with van der Waals surface area (Å²) in [6.45, 7) is 7.59. The zero-order valence-electron chi connectivity index (χ0n) is 47.5. The minimum absolute atomic E-state index is 0.165. The number of aromatic nitrogens is 9. The van der Waals surface area contributed by atoms with E-state index in [1.807, 2.05) is 103 Å². The molecule has 90 heavy (non-hydrogen) atoms. The van der Waals surface area contributed by atoms with Gasteiger partial charge in [0, 0.05) is 76.7 Å². The molecule has 29 heteroatoms. The molecule has 0 aliphatic carbocycles. The van der Waals surface area contributed by atoms with Gasteiger partial charge in [-0.25, -0.2) is 52.5 Å². The molecule has 1 aliphatic rings. The molecule has 462 valence electrons. The van der Waals surface area contributed by atoms with Crippen LogP contribution in [0.15, 0.2) is 206 Å². The normalized spacial score (nSPS) is 12.6. The van der Waals surface area contributed by atoms with Crippen molar-refractivity contribution in [3.05, 3.63) is 226 Å². The standard InChI is InChI=1S/C23H22FN5O3S.C19H14BrFN4O2S.C13H12N4.C6H3BrClFO2S/c1-16-14-23(29(26-16)21-6-2-5-20-18(21)4-3-9-25-20)27-33(30,31)17-7-8-22(19(24)15-17)28-10-12-32-13-11-28;1-12-10-19(24-28(26,27)13-7-8-15(20)16(21)11-13)25(23-12)18-6-2-5-17-14(18)4-3-9-22-17;1-9-8-13(14)17(16-9)12-6-2-5-11-10(12)4-3-7-15-11;7-5-2-1-4(3-6(5)9)12(8,10)11/h2-9,14-15,27H,10-13H2,1H3;2-11,24H,1H3;2-8H,14H2,1H3;1-3H. The molecule has 20 nitrogen and oxygen atoms in total. The summed E-state index contributed by atoms with van der Waals surface area (Å²) in [7, 11) is -6.93. The van der Waals surface area contributed by atoms with Crippen LogP contribution in [0.2, 0.25) is 0 Å². The number of nitrogens with zero attached hydrogens (tertiary/aromatic N) is 10. The van der Waals surface area contributed by atoms with Gasteiger partial charge in [0.05, 0.1) is 93.2 Å². The minimum Gasteiger partial charge on any atom is -0.384 e. The van der Waals surface area contributed by atoms with Crippen LogP contribution in [-0.4, -0.2) is 95.9 Å². The fraction of sp³-hybridized carbons (Fsp3) is 0.115. The minimum atomic E-state index is -4.06. The first kappa shape index (κ1) is 64.2. The van der Waals surface area contributed by atoms with Crippen molar-refractivity contribution in [1.29, 1.82) is 0 Å². The van der Waals surface area contributed by atoms with Gasteiger partial charge in [-0.2, -0.15) is 15.3 Å². The number of fused-ring (bicyclic) bond motifs is 3. The highest BCUT2D eigenvalue weighted by Gasteiger charge is 2.24. The summed E-state index contributed by atoms with van der Waals surface area (Å²) in [5, 5.41) is 16.0. The largest absolute Gasteiger partial charge is 0.384 e. The SMILES string of the molecule is Cc1cc(N)n(-c2cccc3ncccc23)n1.Cc1cc(NS(=O)(=O)c2ccc(Br)c(F)c2)n(-c2cccc3ncccc23)n1.Cc1cc(NS(=O)(=O)c2ccc(N3CCOCC3)c(F)c2)n(-c2cccc3ncccc23)n1.O=S(=O)(Cl)c1ccc(Br)c(F)c1. The van der Waals surface area contributed by atoms with Crippen LogP contribution in [0.3, 0.4) is 0 Å². The number of nitrogens with one attached hydrogen (secondary N) is 2. The Hall–Kier alpha value is -8.77. The van der Waals surface area contributed by atoms with Crippen molar-refractivity contribution < 1.29 is 43.2 Å². The number of anilines is 4. The Morgan fingerprint density at radius 2 is 0.867 bits per heavy atom. The first-order valence-corrected chi connectivity index (χ1v) is 33.8. The molecule has 1 saturated heterocycles. The summed E-state index contributed by atoms with van der Waals surface area (Å²) >= 11 is 5.90. The molecule has 1 fully saturated rings. The van der Waals surface area contributed by atoms with Gasteiger partial charge in [-0.15, -0.1) is 0 Å². The van der Waals surface area contributed by atoms with Crippen molar-refractivity contribution in [2.45, 2.75) is 35.5 Å². The summed E-state index contributed by atoms with van der Waals surface area (Å²) in [6.07, 6.45) is 5.16. The Bertz CT molecular complexity index is 5000. The highest BCUT2D eigenvalue weighted by Crippen LogP contribution is 2.31. The van der Waals surface area contributed by atoms with E-state index in [0.29, 0.717) is 60.6 Å². The number of nitrogens with two attached hydrogens (primary N) is 1. The molecular weight excluding hydrogens is 1380 g/mol. The zero-order chi connectivity index (χ0) is 64.1. The van der Waals surface area contributed by atoms with Gasteiger partial charge < -0.3 is 15.4 Å². The molecule has 0 amide bonds. The van der Waals surface area contributed by atoms with Crippen LogP contribution >= 0.6 is 42.5 Å². The number of rotatable bonds is 11. The predicted octanol–water partition coefficient (Wildman–Crippen LogP) is 12.8. The number of aryl methyl sites for hydroxylation is 3. The fourth-order valence-electron chi connectivity index (χ4n) is 9.42. The average molecular weight is 1430 g/mol. The van der Waals surface area contributed by atoms with Crippen LogP contribution in [0, 0.1) is 38.2 Å². The van der Waals surface area contributed by atoms with Crippen LogP contribution in [0.25, 0.3) is 49.8 Å². The van der Waals surface area contributed by atoms with E-state index >= 15 is 0 Å². The number of hydrogen-bond acceptors (Lipinski definition) is 15. The highest BCUT2D eigenvalue weighted by molar-refractivity contribution is 9.10. The maximum absolute atomic E-state index is 14.8. The van der Waals surface area contributed by atoms with Crippen molar-refractivity contribution >= 4 is 127 Å². The molecule has 6 aromatic carbocycles. The fourth-order valence-corrected chi connectivity index (χ4v) is 12.8. The van der Waals surface area contributed by atoms with Gasteiger partial charge in [-0.05, 0) is 180 Å². The van der Waals surface area contributed by atoms with Crippen molar-refractivity contribution in [1.82, 2.24) is 44.3 Å². The maximum atomic E-state index is 14.8. The van der Waals surface area contributed by atoms with E-state index in [1.54, 1.807) is 55.3 Å². The van der Waals surface area contributed by atoms with Gasteiger partial charge in [0.25, 0.3) is 29.1 Å². The van der Waals surface area contributed by atoms with Crippen LogP contribution in [-0.2, 0) is 33.8 Å². The molecule has 12 aromatic rings. The van der Waals surface area contributed by atoms with Gasteiger partial charge in [-0.3, -0.25) is 24.4 Å². The Morgan fingerprint density at radius 3 is 1.28 bits per heavy atom. The lowest BCUT2D eigenvalue weighted by atomic mass is 10.2. The van der Waals surface area contributed by atoms with Gasteiger partial charge in [0.2, 0.25) is 0 Å². The van der Waals surface area contributed by atoms with Crippen molar-refractivity contribution in [2.75, 3.05) is 46.4 Å². The lowest BCUT2D eigenvalue weighted by molar-refractivity contribution is 0.122. The van der Waals surface area contributed by atoms with Crippen LogP contribution in [0.5, 0.6) is 0 Å².